The Hall–Kier alpha value is -0.850. The number of nitrogens with one attached hydrogen (secondary N) is 1. The molecule has 110 valence electrons. The normalized spacial score (nSPS) is 11.8. The van der Waals surface area contributed by atoms with E-state index in [1.807, 2.05) is 42.5 Å². The van der Waals surface area contributed by atoms with Gasteiger partial charge in [-0.25, -0.2) is 4.79 Å². The van der Waals surface area contributed by atoms with Crippen LogP contribution in [0.25, 0.3) is 0 Å². The number of esters is 1. The standard InChI is InChI=1S/C15H12Br3NO2/c1-21-15(20)14(9-5-6-12(17)13(18)7-9)19-11-4-2-3-10(16)8-11/h2-8,14,19H,1H3. The summed E-state index contributed by atoms with van der Waals surface area (Å²) in [6.07, 6.45) is 0. The van der Waals surface area contributed by atoms with Crippen LogP contribution in [-0.4, -0.2) is 13.1 Å². The number of carbonyl (C=O) groups is 1. The second-order valence-electron chi connectivity index (χ2n) is 4.28. The topological polar surface area (TPSA) is 38.3 Å². The van der Waals surface area contributed by atoms with Crippen LogP contribution < -0.4 is 5.32 Å². The lowest BCUT2D eigenvalue weighted by molar-refractivity contribution is -0.141. The molecule has 21 heavy (non-hydrogen) atoms. The predicted molar refractivity (Wildman–Crippen MR) is 94.4 cm³/mol. The van der Waals surface area contributed by atoms with Gasteiger partial charge in [-0.05, 0) is 67.8 Å². The summed E-state index contributed by atoms with van der Waals surface area (Å²) in [6.45, 7) is 0. The van der Waals surface area contributed by atoms with Gasteiger partial charge in [0.05, 0.1) is 7.11 Å². The van der Waals surface area contributed by atoms with E-state index in [9.17, 15) is 4.79 Å². The maximum absolute atomic E-state index is 12.1. The first-order valence-electron chi connectivity index (χ1n) is 6.06. The number of rotatable bonds is 4. The van der Waals surface area contributed by atoms with Crippen molar-refractivity contribution in [1.29, 1.82) is 0 Å². The van der Waals surface area contributed by atoms with Crippen LogP contribution in [0, 0.1) is 0 Å². The zero-order chi connectivity index (χ0) is 15.4. The Morgan fingerprint density at radius 2 is 1.86 bits per heavy atom. The maximum atomic E-state index is 12.1. The van der Waals surface area contributed by atoms with Gasteiger partial charge in [0.2, 0.25) is 0 Å². The van der Waals surface area contributed by atoms with Gasteiger partial charge < -0.3 is 10.1 Å². The Bertz CT molecular complexity index is 661. The molecule has 1 unspecified atom stereocenters. The van der Waals surface area contributed by atoms with Crippen LogP contribution >= 0.6 is 47.8 Å². The molecule has 1 N–H and O–H groups in total. The van der Waals surface area contributed by atoms with Gasteiger partial charge >= 0.3 is 5.97 Å². The summed E-state index contributed by atoms with van der Waals surface area (Å²) >= 11 is 10.3. The van der Waals surface area contributed by atoms with E-state index in [-0.39, 0.29) is 5.97 Å². The molecule has 0 saturated heterocycles. The minimum Gasteiger partial charge on any atom is -0.467 e. The second-order valence-corrected chi connectivity index (χ2v) is 6.91. The fourth-order valence-electron chi connectivity index (χ4n) is 1.83. The largest absolute Gasteiger partial charge is 0.467 e. The van der Waals surface area contributed by atoms with E-state index >= 15 is 0 Å². The highest BCUT2D eigenvalue weighted by Crippen LogP contribution is 2.29. The first-order valence-corrected chi connectivity index (χ1v) is 8.44. The Labute approximate surface area is 148 Å². The molecule has 0 aliphatic carbocycles. The first-order chi connectivity index (χ1) is 10.0. The number of carbonyl (C=O) groups excluding carboxylic acids is 1. The lowest BCUT2D eigenvalue weighted by Crippen LogP contribution is -2.22. The van der Waals surface area contributed by atoms with Gasteiger partial charge in [0, 0.05) is 19.1 Å². The molecule has 0 saturated carbocycles. The quantitative estimate of drug-likeness (QED) is 0.607. The third kappa shape index (κ3) is 4.31. The van der Waals surface area contributed by atoms with Crippen molar-refractivity contribution in [3.8, 4) is 0 Å². The van der Waals surface area contributed by atoms with Gasteiger partial charge in [-0.3, -0.25) is 0 Å². The zero-order valence-electron chi connectivity index (χ0n) is 11.1. The van der Waals surface area contributed by atoms with Crippen LogP contribution in [0.3, 0.4) is 0 Å². The number of anilines is 1. The molecule has 0 amide bonds. The fraction of sp³-hybridized carbons (Fsp3) is 0.133. The fourth-order valence-corrected chi connectivity index (χ4v) is 2.88. The Morgan fingerprint density at radius 3 is 2.48 bits per heavy atom. The Kier molecular flexibility index (Phi) is 5.84. The van der Waals surface area contributed by atoms with Crippen LogP contribution in [-0.2, 0) is 9.53 Å². The monoisotopic (exact) mass is 475 g/mol. The first kappa shape index (κ1) is 16.5. The van der Waals surface area contributed by atoms with E-state index in [2.05, 4.69) is 53.1 Å². The molecule has 2 aromatic carbocycles. The third-order valence-electron chi connectivity index (χ3n) is 2.85. The number of methoxy groups -OCH3 is 1. The summed E-state index contributed by atoms with van der Waals surface area (Å²) in [4.78, 5) is 12.1. The van der Waals surface area contributed by atoms with Gasteiger partial charge in [-0.1, -0.05) is 28.1 Å². The third-order valence-corrected chi connectivity index (χ3v) is 5.22. The van der Waals surface area contributed by atoms with Crippen molar-refractivity contribution in [1.82, 2.24) is 0 Å². The molecule has 2 rings (SSSR count). The predicted octanol–water partition coefficient (Wildman–Crippen LogP) is 5.30. The number of ether oxygens (including phenoxy) is 1. The van der Waals surface area contributed by atoms with Gasteiger partial charge in [-0.2, -0.15) is 0 Å². The van der Waals surface area contributed by atoms with Crippen LogP contribution in [0.1, 0.15) is 11.6 Å². The molecule has 0 spiro atoms. The molecule has 6 heteroatoms. The van der Waals surface area contributed by atoms with E-state index in [1.165, 1.54) is 7.11 Å². The molecular formula is C15H12Br3NO2. The number of hydrogen-bond donors (Lipinski definition) is 1. The minimum absolute atomic E-state index is 0.343. The van der Waals surface area contributed by atoms with E-state index in [0.717, 1.165) is 24.7 Å². The zero-order valence-corrected chi connectivity index (χ0v) is 15.8. The molecule has 1 atom stereocenters. The number of halogens is 3. The van der Waals surface area contributed by atoms with Crippen LogP contribution in [0.2, 0.25) is 0 Å². The lowest BCUT2D eigenvalue weighted by Gasteiger charge is -2.19. The molecule has 0 aliphatic rings. The SMILES string of the molecule is COC(=O)C(Nc1cccc(Br)c1)c1ccc(Br)c(Br)c1. The minimum atomic E-state index is -0.575. The number of benzene rings is 2. The van der Waals surface area contributed by atoms with Crippen LogP contribution in [0.4, 0.5) is 5.69 Å². The van der Waals surface area contributed by atoms with E-state index in [4.69, 9.17) is 4.74 Å². The molecule has 0 fully saturated rings. The van der Waals surface area contributed by atoms with Crippen molar-refractivity contribution < 1.29 is 9.53 Å². The van der Waals surface area contributed by atoms with Crippen LogP contribution in [0.5, 0.6) is 0 Å². The molecule has 3 nitrogen and oxygen atoms in total. The van der Waals surface area contributed by atoms with Crippen molar-refractivity contribution in [2.45, 2.75) is 6.04 Å². The van der Waals surface area contributed by atoms with Gasteiger partial charge in [0.1, 0.15) is 0 Å². The van der Waals surface area contributed by atoms with E-state index < -0.39 is 6.04 Å². The number of hydrogen-bond acceptors (Lipinski definition) is 3. The molecular weight excluding hydrogens is 466 g/mol. The molecule has 0 bridgehead atoms. The molecule has 0 aromatic heterocycles. The van der Waals surface area contributed by atoms with Crippen molar-refractivity contribution in [3.05, 3.63) is 61.4 Å². The van der Waals surface area contributed by atoms with Crippen molar-refractivity contribution in [3.63, 3.8) is 0 Å². The highest BCUT2D eigenvalue weighted by atomic mass is 79.9. The smallest absolute Gasteiger partial charge is 0.332 e. The average Bonchev–Trinajstić information content (AvgIpc) is 2.47. The molecule has 0 heterocycles. The van der Waals surface area contributed by atoms with Crippen molar-refractivity contribution >= 4 is 59.4 Å². The van der Waals surface area contributed by atoms with Gasteiger partial charge in [-0.15, -0.1) is 0 Å². The maximum Gasteiger partial charge on any atom is 0.332 e. The Balaban J connectivity index is 2.34. The summed E-state index contributed by atoms with van der Waals surface area (Å²) in [5, 5.41) is 3.19. The summed E-state index contributed by atoms with van der Waals surface area (Å²) < 4.78 is 7.64. The summed E-state index contributed by atoms with van der Waals surface area (Å²) in [5.41, 5.74) is 1.65. The van der Waals surface area contributed by atoms with E-state index in [0.29, 0.717) is 0 Å². The van der Waals surface area contributed by atoms with Gasteiger partial charge in [0.15, 0.2) is 6.04 Å². The van der Waals surface area contributed by atoms with Crippen molar-refractivity contribution in [2.24, 2.45) is 0 Å². The van der Waals surface area contributed by atoms with Gasteiger partial charge in [0.25, 0.3) is 0 Å². The summed E-state index contributed by atoms with van der Waals surface area (Å²) in [5.74, 6) is -0.343. The Morgan fingerprint density at radius 1 is 1.10 bits per heavy atom. The average molecular weight is 478 g/mol. The summed E-state index contributed by atoms with van der Waals surface area (Å²) in [6, 6.07) is 12.7. The molecule has 0 radical (unpaired) electrons. The molecule has 2 aromatic rings. The highest BCUT2D eigenvalue weighted by molar-refractivity contribution is 9.13. The molecule has 0 aliphatic heterocycles. The summed E-state index contributed by atoms with van der Waals surface area (Å²) in [7, 11) is 1.38. The van der Waals surface area contributed by atoms with Crippen molar-refractivity contribution in [2.75, 3.05) is 12.4 Å². The second kappa shape index (κ2) is 7.42. The lowest BCUT2D eigenvalue weighted by atomic mass is 10.1. The van der Waals surface area contributed by atoms with Crippen LogP contribution in [0.15, 0.2) is 55.9 Å². The van der Waals surface area contributed by atoms with E-state index in [1.54, 1.807) is 0 Å². The highest BCUT2D eigenvalue weighted by Gasteiger charge is 2.22.